The Balaban J connectivity index is 2.62. The van der Waals surface area contributed by atoms with Crippen molar-refractivity contribution in [3.8, 4) is 0 Å². The van der Waals surface area contributed by atoms with Crippen molar-refractivity contribution in [2.45, 2.75) is 366 Å². The Morgan fingerprint density at radius 3 is 1.09 bits per heavy atom. The zero-order valence-electron chi connectivity index (χ0n) is 51.1. The Bertz CT molecular complexity index is 1470. The molecule has 0 aromatic rings. The number of esters is 3. The molecule has 0 spiro atoms. The van der Waals surface area contributed by atoms with E-state index in [-0.39, 0.29) is 25.9 Å². The van der Waals surface area contributed by atoms with Crippen LogP contribution >= 0.6 is 0 Å². The van der Waals surface area contributed by atoms with Crippen molar-refractivity contribution in [2.24, 2.45) is 0 Å². The number of carbonyl (C=O) groups is 4. The molecule has 1 aliphatic heterocycles. The van der Waals surface area contributed by atoms with Gasteiger partial charge >= 0.3 is 23.9 Å². The highest BCUT2D eigenvalue weighted by Crippen LogP contribution is 2.27. The van der Waals surface area contributed by atoms with Crippen molar-refractivity contribution >= 4 is 23.9 Å². The van der Waals surface area contributed by atoms with Gasteiger partial charge in [0.2, 0.25) is 0 Å². The van der Waals surface area contributed by atoms with Gasteiger partial charge in [-0.2, -0.15) is 0 Å². The molecule has 0 amide bonds. The highest BCUT2D eigenvalue weighted by atomic mass is 16.7. The number of carboxylic acid groups (broad SMARTS) is 1. The molecule has 0 aromatic heterocycles. The van der Waals surface area contributed by atoms with Gasteiger partial charge in [0.15, 0.2) is 24.6 Å². The number of carboxylic acids is 1. The van der Waals surface area contributed by atoms with Crippen LogP contribution in [-0.2, 0) is 42.9 Å². The first-order valence-corrected chi connectivity index (χ1v) is 33.3. The van der Waals surface area contributed by atoms with Gasteiger partial charge in [-0.1, -0.05) is 263 Å². The molecule has 0 aliphatic carbocycles. The normalized spacial score (nSPS) is 17.9. The summed E-state index contributed by atoms with van der Waals surface area (Å²) in [5.74, 6) is -3.09. The minimum Gasteiger partial charge on any atom is -0.479 e. The summed E-state index contributed by atoms with van der Waals surface area (Å²) in [5.41, 5.74) is 0. The quantitative estimate of drug-likeness (QED) is 0.0228. The fourth-order valence-corrected chi connectivity index (χ4v) is 10.4. The molecule has 1 saturated heterocycles. The van der Waals surface area contributed by atoms with Crippen LogP contribution in [0.15, 0.2) is 24.3 Å². The first-order chi connectivity index (χ1) is 38.6. The zero-order chi connectivity index (χ0) is 57.5. The summed E-state index contributed by atoms with van der Waals surface area (Å²) in [6, 6.07) is 0. The number of rotatable bonds is 58. The Labute approximate surface area is 483 Å². The van der Waals surface area contributed by atoms with Crippen LogP contribution in [0.2, 0.25) is 0 Å². The first kappa shape index (κ1) is 74.2. The van der Waals surface area contributed by atoms with E-state index in [0.29, 0.717) is 19.3 Å². The maximum Gasteiger partial charge on any atom is 0.335 e. The Kier molecular flexibility index (Phi) is 52.3. The van der Waals surface area contributed by atoms with E-state index in [2.05, 4.69) is 45.1 Å². The van der Waals surface area contributed by atoms with Crippen LogP contribution < -0.4 is 0 Å². The van der Waals surface area contributed by atoms with Crippen molar-refractivity contribution in [1.82, 2.24) is 0 Å². The summed E-state index contributed by atoms with van der Waals surface area (Å²) in [6.07, 6.45) is 52.8. The van der Waals surface area contributed by atoms with Gasteiger partial charge in [-0.3, -0.25) is 14.4 Å². The maximum atomic E-state index is 13.2. The second-order valence-electron chi connectivity index (χ2n) is 23.1. The summed E-state index contributed by atoms with van der Waals surface area (Å²) in [6.45, 7) is 6.03. The summed E-state index contributed by atoms with van der Waals surface area (Å²) in [7, 11) is 0. The van der Waals surface area contributed by atoms with Crippen LogP contribution in [-0.4, -0.2) is 89.2 Å². The van der Waals surface area contributed by atoms with E-state index < -0.39 is 67.3 Å². The molecule has 6 unspecified atom stereocenters. The van der Waals surface area contributed by atoms with Gasteiger partial charge in [-0.15, -0.1) is 0 Å². The van der Waals surface area contributed by atoms with Crippen molar-refractivity contribution in [2.75, 3.05) is 13.2 Å². The number of aliphatic hydroxyl groups excluding tert-OH is 2. The third kappa shape index (κ3) is 45.4. The van der Waals surface area contributed by atoms with E-state index in [1.165, 1.54) is 180 Å². The summed E-state index contributed by atoms with van der Waals surface area (Å²) in [5, 5.41) is 31.6. The topological polar surface area (TPSA) is 175 Å². The molecular formula is C67H122O12. The van der Waals surface area contributed by atoms with Crippen LogP contribution in [0.25, 0.3) is 0 Å². The Morgan fingerprint density at radius 1 is 0.405 bits per heavy atom. The fraction of sp³-hybridized carbons (Fsp3) is 0.881. The molecule has 1 heterocycles. The third-order valence-corrected chi connectivity index (χ3v) is 15.5. The number of ether oxygens (including phenoxy) is 5. The van der Waals surface area contributed by atoms with E-state index in [1.807, 2.05) is 0 Å². The van der Waals surface area contributed by atoms with E-state index in [1.54, 1.807) is 0 Å². The van der Waals surface area contributed by atoms with Gasteiger partial charge in [0, 0.05) is 19.3 Å². The van der Waals surface area contributed by atoms with Crippen molar-refractivity contribution in [3.63, 3.8) is 0 Å². The molecule has 0 bridgehead atoms. The lowest BCUT2D eigenvalue weighted by Gasteiger charge is -2.40. The van der Waals surface area contributed by atoms with Gasteiger partial charge in [0.05, 0.1) is 6.61 Å². The smallest absolute Gasteiger partial charge is 0.335 e. The molecular weight excluding hydrogens is 997 g/mol. The molecule has 12 nitrogen and oxygen atoms in total. The molecule has 3 N–H and O–H groups in total. The van der Waals surface area contributed by atoms with E-state index in [9.17, 15) is 34.5 Å². The SMILES string of the molecule is CCCCCC/C=C\CCCCCCCC(=O)OC(COC(=O)CCCCCCCCCCCCCCCCCCC)COC1OC(C(=O)O)C(O)C(O)C1OC(=O)CCCCCCCCCCC/C=C\CCCCCCCC. The third-order valence-electron chi connectivity index (χ3n) is 15.5. The van der Waals surface area contributed by atoms with Crippen LogP contribution in [0.1, 0.15) is 329 Å². The number of aliphatic hydroxyl groups is 2. The molecule has 6 atom stereocenters. The van der Waals surface area contributed by atoms with Gasteiger partial charge in [-0.25, -0.2) is 4.79 Å². The maximum absolute atomic E-state index is 13.2. The number of hydrogen-bond donors (Lipinski definition) is 3. The average Bonchev–Trinajstić information content (AvgIpc) is 3.43. The molecule has 12 heteroatoms. The Hall–Kier alpha value is -2.80. The number of aliphatic carboxylic acids is 1. The van der Waals surface area contributed by atoms with Gasteiger partial charge in [0.25, 0.3) is 0 Å². The van der Waals surface area contributed by atoms with Gasteiger partial charge in [0.1, 0.15) is 18.8 Å². The van der Waals surface area contributed by atoms with Crippen LogP contribution in [0.3, 0.4) is 0 Å². The minimum atomic E-state index is -1.90. The molecule has 462 valence electrons. The second kappa shape index (κ2) is 55.7. The van der Waals surface area contributed by atoms with Gasteiger partial charge < -0.3 is 39.0 Å². The van der Waals surface area contributed by atoms with Crippen molar-refractivity contribution in [1.29, 1.82) is 0 Å². The predicted molar refractivity (Wildman–Crippen MR) is 322 cm³/mol. The average molecular weight is 1120 g/mol. The highest BCUT2D eigenvalue weighted by Gasteiger charge is 2.50. The van der Waals surface area contributed by atoms with Gasteiger partial charge in [-0.05, 0) is 70.6 Å². The van der Waals surface area contributed by atoms with Crippen LogP contribution in [0, 0.1) is 0 Å². The van der Waals surface area contributed by atoms with E-state index in [4.69, 9.17) is 23.7 Å². The fourth-order valence-electron chi connectivity index (χ4n) is 10.4. The Morgan fingerprint density at radius 2 is 0.722 bits per heavy atom. The summed E-state index contributed by atoms with van der Waals surface area (Å²) in [4.78, 5) is 51.3. The van der Waals surface area contributed by atoms with E-state index >= 15 is 0 Å². The number of hydrogen-bond acceptors (Lipinski definition) is 11. The van der Waals surface area contributed by atoms with E-state index in [0.717, 1.165) is 89.9 Å². The van der Waals surface area contributed by atoms with Crippen LogP contribution in [0.5, 0.6) is 0 Å². The highest BCUT2D eigenvalue weighted by molar-refractivity contribution is 5.74. The second-order valence-corrected chi connectivity index (χ2v) is 23.1. The monoisotopic (exact) mass is 1120 g/mol. The van der Waals surface area contributed by atoms with Crippen LogP contribution in [0.4, 0.5) is 0 Å². The minimum absolute atomic E-state index is 0.0621. The lowest BCUT2D eigenvalue weighted by atomic mass is 9.98. The predicted octanol–water partition coefficient (Wildman–Crippen LogP) is 17.8. The number of carbonyl (C=O) groups excluding carboxylic acids is 3. The first-order valence-electron chi connectivity index (χ1n) is 33.3. The summed E-state index contributed by atoms with van der Waals surface area (Å²) < 4.78 is 28.6. The van der Waals surface area contributed by atoms with Crippen molar-refractivity contribution < 1.29 is 58.2 Å². The molecule has 1 aliphatic rings. The zero-order valence-corrected chi connectivity index (χ0v) is 51.1. The summed E-state index contributed by atoms with van der Waals surface area (Å²) >= 11 is 0. The standard InChI is InChI=1S/C67H122O12/c1-4-7-10-13-16-19-22-25-27-29-30-32-34-37-40-43-46-49-52-55-61(70)78-65-63(72)62(71)64(66(73)74)79-67(65)76-57-58(77-60(69)54-51-48-45-42-39-35-24-21-18-15-12-9-6-3)56-75-59(68)53-50-47-44-41-38-36-33-31-28-26-23-20-17-14-11-8-5-2/h21,24-25,27,58,62-65,67,71-72H,4-20,22-23,26,28-57H2,1-3H3,(H,73,74)/b24-21-,27-25-. The van der Waals surface area contributed by atoms with Crippen molar-refractivity contribution in [3.05, 3.63) is 24.3 Å². The molecule has 0 radical (unpaired) electrons. The molecule has 1 fully saturated rings. The molecule has 79 heavy (non-hydrogen) atoms. The molecule has 0 aromatic carbocycles. The number of unbranched alkanes of at least 4 members (excludes halogenated alkanes) is 40. The molecule has 0 saturated carbocycles. The largest absolute Gasteiger partial charge is 0.479 e. The number of allylic oxidation sites excluding steroid dienone is 4. The lowest BCUT2D eigenvalue weighted by molar-refractivity contribution is -0.301. The molecule has 1 rings (SSSR count). The lowest BCUT2D eigenvalue weighted by Crippen LogP contribution is -2.61.